The first-order chi connectivity index (χ1) is 16.4. The van der Waals surface area contributed by atoms with Crippen molar-refractivity contribution in [1.82, 2.24) is 14.5 Å². The van der Waals surface area contributed by atoms with Crippen LogP contribution in [0.25, 0.3) is 11.0 Å². The van der Waals surface area contributed by atoms with Crippen LogP contribution in [0.1, 0.15) is 45.7 Å². The number of amides is 1. The minimum Gasteiger partial charge on any atom is -0.481 e. The lowest BCUT2D eigenvalue weighted by Gasteiger charge is -2.31. The van der Waals surface area contributed by atoms with Crippen molar-refractivity contribution in [3.63, 3.8) is 0 Å². The molecule has 11 heteroatoms. The molecule has 1 atom stereocenters. The Labute approximate surface area is 209 Å². The summed E-state index contributed by atoms with van der Waals surface area (Å²) in [6.07, 6.45) is -3.33. The molecule has 1 fully saturated rings. The molecule has 3 aromatic rings. The van der Waals surface area contributed by atoms with Gasteiger partial charge in [-0.05, 0) is 55.2 Å². The van der Waals surface area contributed by atoms with E-state index in [0.29, 0.717) is 47.4 Å². The standard InChI is InChI=1S/C24H22Cl2F3N3O3/c1-12-8-14(24(27,28)29)9-18-21(12)30-19(31(18)2)10-16-17(25)6-5-15(20(16)26)22(33)32-7-3-4-13(11-32)23(34)35/h5-6,8-9,13H,3-4,7,10-11H2,1-2H3,(H,34,35). The molecule has 1 unspecified atom stereocenters. The number of alkyl halides is 3. The second-order valence-electron chi connectivity index (χ2n) is 8.74. The number of hydrogen-bond donors (Lipinski definition) is 1. The maximum absolute atomic E-state index is 13.3. The monoisotopic (exact) mass is 527 g/mol. The highest BCUT2D eigenvalue weighted by Crippen LogP contribution is 2.35. The van der Waals surface area contributed by atoms with E-state index in [1.54, 1.807) is 18.5 Å². The average Bonchev–Trinajstić information content (AvgIpc) is 3.11. The fourth-order valence-corrected chi connectivity index (χ4v) is 5.03. The molecule has 186 valence electrons. The number of carboxylic acids is 1. The number of aromatic nitrogens is 2. The highest BCUT2D eigenvalue weighted by molar-refractivity contribution is 6.38. The van der Waals surface area contributed by atoms with Gasteiger partial charge in [0.1, 0.15) is 5.82 Å². The number of aliphatic carboxylic acids is 1. The Balaban J connectivity index is 1.70. The molecule has 1 N–H and O–H groups in total. The van der Waals surface area contributed by atoms with E-state index in [9.17, 15) is 27.9 Å². The molecule has 1 amide bonds. The Hall–Kier alpha value is -2.78. The van der Waals surface area contributed by atoms with Gasteiger partial charge in [0.15, 0.2) is 0 Å². The van der Waals surface area contributed by atoms with Crippen molar-refractivity contribution in [2.75, 3.05) is 13.1 Å². The van der Waals surface area contributed by atoms with Crippen molar-refractivity contribution < 1.29 is 27.9 Å². The average molecular weight is 528 g/mol. The van der Waals surface area contributed by atoms with Crippen molar-refractivity contribution >= 4 is 46.1 Å². The minimum atomic E-state index is -4.49. The van der Waals surface area contributed by atoms with Gasteiger partial charge in [0.05, 0.1) is 33.1 Å². The molecule has 6 nitrogen and oxygen atoms in total. The van der Waals surface area contributed by atoms with Crippen molar-refractivity contribution in [1.29, 1.82) is 0 Å². The Kier molecular flexibility index (Phi) is 6.76. The van der Waals surface area contributed by atoms with Gasteiger partial charge in [-0.1, -0.05) is 23.2 Å². The summed E-state index contributed by atoms with van der Waals surface area (Å²) in [7, 11) is 1.61. The minimum absolute atomic E-state index is 0.0858. The molecule has 0 saturated carbocycles. The smallest absolute Gasteiger partial charge is 0.416 e. The fourth-order valence-electron chi connectivity index (χ4n) is 4.44. The van der Waals surface area contributed by atoms with E-state index in [-0.39, 0.29) is 28.6 Å². The van der Waals surface area contributed by atoms with Gasteiger partial charge in [-0.15, -0.1) is 0 Å². The predicted octanol–water partition coefficient (Wildman–Crippen LogP) is 5.73. The Bertz CT molecular complexity index is 1340. The third kappa shape index (κ3) is 4.84. The number of carbonyl (C=O) groups is 2. The summed E-state index contributed by atoms with van der Waals surface area (Å²) >= 11 is 13.0. The van der Waals surface area contributed by atoms with Gasteiger partial charge in [-0.2, -0.15) is 13.2 Å². The number of carboxylic acid groups (broad SMARTS) is 1. The van der Waals surface area contributed by atoms with Crippen LogP contribution in [0, 0.1) is 12.8 Å². The number of imidazole rings is 1. The SMILES string of the molecule is Cc1cc(C(F)(F)F)cc2c1nc(Cc1c(Cl)ccc(C(=O)N3CCCC(C(=O)O)C3)c1Cl)n2C. The third-order valence-corrected chi connectivity index (χ3v) is 7.19. The Morgan fingerprint density at radius 2 is 1.94 bits per heavy atom. The third-order valence-electron chi connectivity index (χ3n) is 6.41. The molecule has 0 radical (unpaired) electrons. The van der Waals surface area contributed by atoms with Crippen molar-refractivity contribution in [3.8, 4) is 0 Å². The lowest BCUT2D eigenvalue weighted by atomic mass is 9.97. The molecule has 0 spiro atoms. The second-order valence-corrected chi connectivity index (χ2v) is 9.52. The van der Waals surface area contributed by atoms with Crippen LogP contribution in [-0.4, -0.2) is 44.5 Å². The summed E-state index contributed by atoms with van der Waals surface area (Å²) in [4.78, 5) is 30.5. The van der Waals surface area contributed by atoms with Gasteiger partial charge in [0.25, 0.3) is 5.91 Å². The second kappa shape index (κ2) is 9.35. The molecule has 1 aliphatic rings. The summed E-state index contributed by atoms with van der Waals surface area (Å²) in [5.41, 5.74) is 0.977. The highest BCUT2D eigenvalue weighted by atomic mass is 35.5. The van der Waals surface area contributed by atoms with Crippen LogP contribution in [0.3, 0.4) is 0 Å². The largest absolute Gasteiger partial charge is 0.481 e. The molecule has 1 aliphatic heterocycles. The number of benzene rings is 2. The number of halogens is 5. The number of nitrogens with zero attached hydrogens (tertiary/aromatic N) is 3. The molecular formula is C24H22Cl2F3N3O3. The maximum atomic E-state index is 13.3. The number of hydrogen-bond acceptors (Lipinski definition) is 3. The van der Waals surface area contributed by atoms with Crippen LogP contribution in [0.4, 0.5) is 13.2 Å². The summed E-state index contributed by atoms with van der Waals surface area (Å²) in [5, 5.41) is 9.72. The lowest BCUT2D eigenvalue weighted by molar-refractivity contribution is -0.143. The Morgan fingerprint density at radius 1 is 1.23 bits per heavy atom. The summed E-state index contributed by atoms with van der Waals surface area (Å²) in [6, 6.07) is 5.14. The quantitative estimate of drug-likeness (QED) is 0.469. The zero-order valence-electron chi connectivity index (χ0n) is 18.9. The molecule has 0 aliphatic carbocycles. The van der Waals surface area contributed by atoms with E-state index in [0.717, 1.165) is 12.1 Å². The van der Waals surface area contributed by atoms with Crippen LogP contribution in [0.15, 0.2) is 24.3 Å². The van der Waals surface area contributed by atoms with E-state index in [1.807, 2.05) is 0 Å². The highest BCUT2D eigenvalue weighted by Gasteiger charge is 2.32. The lowest BCUT2D eigenvalue weighted by Crippen LogP contribution is -2.42. The van der Waals surface area contributed by atoms with Gasteiger partial charge in [-0.25, -0.2) is 4.98 Å². The molecule has 2 aromatic carbocycles. The molecule has 0 bridgehead atoms. The number of fused-ring (bicyclic) bond motifs is 1. The normalized spacial score (nSPS) is 16.7. The molecular weight excluding hydrogens is 506 g/mol. The van der Waals surface area contributed by atoms with E-state index in [2.05, 4.69) is 4.98 Å². The topological polar surface area (TPSA) is 75.4 Å². The van der Waals surface area contributed by atoms with Gasteiger partial charge in [0.2, 0.25) is 0 Å². The maximum Gasteiger partial charge on any atom is 0.416 e. The predicted molar refractivity (Wildman–Crippen MR) is 126 cm³/mol. The fraction of sp³-hybridized carbons (Fsp3) is 0.375. The first-order valence-electron chi connectivity index (χ1n) is 10.9. The summed E-state index contributed by atoms with van der Waals surface area (Å²) in [6.45, 7) is 2.08. The van der Waals surface area contributed by atoms with Crippen LogP contribution in [0.5, 0.6) is 0 Å². The number of likely N-dealkylation sites (tertiary alicyclic amines) is 1. The number of carbonyl (C=O) groups excluding carboxylic acids is 1. The first kappa shape index (κ1) is 25.3. The molecule has 35 heavy (non-hydrogen) atoms. The number of rotatable bonds is 4. The van der Waals surface area contributed by atoms with Crippen molar-refractivity contribution in [2.45, 2.75) is 32.4 Å². The van der Waals surface area contributed by atoms with Gasteiger partial charge < -0.3 is 14.6 Å². The van der Waals surface area contributed by atoms with Crippen LogP contribution < -0.4 is 0 Å². The Morgan fingerprint density at radius 3 is 2.60 bits per heavy atom. The summed E-state index contributed by atoms with van der Waals surface area (Å²) in [5.74, 6) is -1.55. The molecule has 4 rings (SSSR count). The molecule has 1 aromatic heterocycles. The van der Waals surface area contributed by atoms with E-state index >= 15 is 0 Å². The van der Waals surface area contributed by atoms with E-state index in [4.69, 9.17) is 23.2 Å². The van der Waals surface area contributed by atoms with Gasteiger partial charge in [0, 0.05) is 31.6 Å². The zero-order valence-corrected chi connectivity index (χ0v) is 20.4. The van der Waals surface area contributed by atoms with E-state index in [1.165, 1.54) is 17.0 Å². The van der Waals surface area contributed by atoms with Crippen LogP contribution in [0.2, 0.25) is 10.0 Å². The molecule has 1 saturated heterocycles. The zero-order chi connectivity index (χ0) is 25.7. The van der Waals surface area contributed by atoms with Gasteiger partial charge in [-0.3, -0.25) is 9.59 Å². The van der Waals surface area contributed by atoms with Gasteiger partial charge >= 0.3 is 12.1 Å². The first-order valence-corrected chi connectivity index (χ1v) is 11.7. The van der Waals surface area contributed by atoms with E-state index < -0.39 is 29.5 Å². The number of piperidine rings is 1. The molecule has 2 heterocycles. The van der Waals surface area contributed by atoms with Crippen molar-refractivity contribution in [3.05, 3.63) is 62.4 Å². The summed E-state index contributed by atoms with van der Waals surface area (Å²) < 4.78 is 41.4. The van der Waals surface area contributed by atoms with Crippen LogP contribution >= 0.6 is 23.2 Å². The van der Waals surface area contributed by atoms with Crippen molar-refractivity contribution in [2.24, 2.45) is 13.0 Å². The number of aryl methyl sites for hydroxylation is 2. The van der Waals surface area contributed by atoms with Crippen LogP contribution in [-0.2, 0) is 24.4 Å².